The third-order valence-corrected chi connectivity index (χ3v) is 3.93. The lowest BCUT2D eigenvalue weighted by atomic mass is 10.0. The van der Waals surface area contributed by atoms with Crippen molar-refractivity contribution in [3.63, 3.8) is 0 Å². The molecule has 1 aromatic carbocycles. The highest BCUT2D eigenvalue weighted by atomic mass is 16.2. The molecule has 0 N–H and O–H groups in total. The van der Waals surface area contributed by atoms with Crippen molar-refractivity contribution in [2.45, 2.75) is 33.4 Å². The first-order valence-electron chi connectivity index (χ1n) is 6.57. The van der Waals surface area contributed by atoms with Crippen molar-refractivity contribution in [1.82, 2.24) is 9.47 Å². The van der Waals surface area contributed by atoms with Crippen molar-refractivity contribution in [1.29, 1.82) is 0 Å². The molecule has 1 aliphatic heterocycles. The molecule has 3 heteroatoms. The third-order valence-electron chi connectivity index (χ3n) is 3.93. The Kier molecular flexibility index (Phi) is 2.62. The topological polar surface area (TPSA) is 25.2 Å². The lowest BCUT2D eigenvalue weighted by Gasteiger charge is -2.27. The van der Waals surface area contributed by atoms with Crippen molar-refractivity contribution < 1.29 is 4.79 Å². The fraction of sp³-hybridized carbons (Fsp3) is 0.400. The molecule has 0 spiro atoms. The van der Waals surface area contributed by atoms with Gasteiger partial charge >= 0.3 is 0 Å². The summed E-state index contributed by atoms with van der Waals surface area (Å²) in [6.07, 6.45) is 0.975. The Morgan fingerprint density at radius 1 is 1.33 bits per heavy atom. The highest BCUT2D eigenvalue weighted by Crippen LogP contribution is 2.30. The van der Waals surface area contributed by atoms with Crippen LogP contribution in [0.1, 0.15) is 25.1 Å². The Labute approximate surface area is 107 Å². The van der Waals surface area contributed by atoms with Gasteiger partial charge in [-0.15, -0.1) is 0 Å². The summed E-state index contributed by atoms with van der Waals surface area (Å²) in [6.45, 7) is 6.39. The van der Waals surface area contributed by atoms with E-state index in [0.29, 0.717) is 0 Å². The van der Waals surface area contributed by atoms with E-state index >= 15 is 0 Å². The smallest absolute Gasteiger partial charge is 0.219 e. The number of nitrogens with zero attached hydrogens (tertiary/aromatic N) is 2. The Bertz CT molecular complexity index is 579. The van der Waals surface area contributed by atoms with Gasteiger partial charge in [0.1, 0.15) is 0 Å². The van der Waals surface area contributed by atoms with Gasteiger partial charge in [-0.25, -0.2) is 0 Å². The van der Waals surface area contributed by atoms with E-state index in [9.17, 15) is 4.79 Å². The normalized spacial score (nSPS) is 14.9. The highest BCUT2D eigenvalue weighted by molar-refractivity contribution is 5.86. The van der Waals surface area contributed by atoms with Gasteiger partial charge in [0, 0.05) is 36.6 Å². The molecule has 1 amide bonds. The van der Waals surface area contributed by atoms with Crippen LogP contribution in [0.5, 0.6) is 0 Å². The molecule has 0 saturated carbocycles. The molecule has 0 bridgehead atoms. The van der Waals surface area contributed by atoms with Gasteiger partial charge in [0.05, 0.1) is 6.54 Å². The van der Waals surface area contributed by atoms with Crippen LogP contribution in [0.25, 0.3) is 10.9 Å². The maximum Gasteiger partial charge on any atom is 0.219 e. The molecule has 0 unspecified atom stereocenters. The zero-order chi connectivity index (χ0) is 12.7. The summed E-state index contributed by atoms with van der Waals surface area (Å²) >= 11 is 0. The van der Waals surface area contributed by atoms with Crippen LogP contribution >= 0.6 is 0 Å². The number of benzene rings is 1. The number of rotatable bonds is 1. The van der Waals surface area contributed by atoms with E-state index in [2.05, 4.69) is 35.8 Å². The quantitative estimate of drug-likeness (QED) is 0.754. The van der Waals surface area contributed by atoms with E-state index in [1.165, 1.54) is 22.2 Å². The number of fused-ring (bicyclic) bond motifs is 3. The summed E-state index contributed by atoms with van der Waals surface area (Å²) in [7, 11) is 0. The van der Waals surface area contributed by atoms with Crippen molar-refractivity contribution in [3.8, 4) is 0 Å². The van der Waals surface area contributed by atoms with E-state index in [4.69, 9.17) is 0 Å². The molecule has 18 heavy (non-hydrogen) atoms. The largest absolute Gasteiger partial charge is 0.343 e. The predicted octanol–water partition coefficient (Wildman–Crippen LogP) is 2.57. The zero-order valence-corrected chi connectivity index (χ0v) is 10.9. The van der Waals surface area contributed by atoms with Crippen LogP contribution in [0.4, 0.5) is 0 Å². The second-order valence-electron chi connectivity index (χ2n) is 4.88. The number of hydrogen-bond acceptors (Lipinski definition) is 1. The molecule has 2 aromatic rings. The van der Waals surface area contributed by atoms with Crippen LogP contribution in [0, 0.1) is 0 Å². The number of para-hydroxylation sites is 1. The van der Waals surface area contributed by atoms with Crippen LogP contribution in [0.15, 0.2) is 24.3 Å². The second-order valence-corrected chi connectivity index (χ2v) is 4.88. The predicted molar refractivity (Wildman–Crippen MR) is 72.4 cm³/mol. The van der Waals surface area contributed by atoms with Gasteiger partial charge in [0.15, 0.2) is 0 Å². The first-order valence-corrected chi connectivity index (χ1v) is 6.57. The van der Waals surface area contributed by atoms with E-state index in [0.717, 1.165) is 26.1 Å². The monoisotopic (exact) mass is 242 g/mol. The Balaban J connectivity index is 2.19. The summed E-state index contributed by atoms with van der Waals surface area (Å²) in [4.78, 5) is 13.5. The average Bonchev–Trinajstić information content (AvgIpc) is 2.71. The first-order chi connectivity index (χ1) is 8.72. The second kappa shape index (κ2) is 4.16. The number of aryl methyl sites for hydroxylation is 1. The Morgan fingerprint density at radius 3 is 2.83 bits per heavy atom. The summed E-state index contributed by atoms with van der Waals surface area (Å²) in [5.74, 6) is 0.175. The van der Waals surface area contributed by atoms with Gasteiger partial charge in [-0.2, -0.15) is 0 Å². The molecular formula is C15H18N2O. The van der Waals surface area contributed by atoms with Crippen LogP contribution in [-0.4, -0.2) is 21.9 Å². The number of carbonyl (C=O) groups is 1. The van der Waals surface area contributed by atoms with Gasteiger partial charge in [0.25, 0.3) is 0 Å². The van der Waals surface area contributed by atoms with E-state index in [-0.39, 0.29) is 5.91 Å². The Morgan fingerprint density at radius 2 is 2.11 bits per heavy atom. The molecule has 1 aliphatic rings. The fourth-order valence-corrected chi connectivity index (χ4v) is 3.02. The number of aromatic nitrogens is 1. The van der Waals surface area contributed by atoms with E-state index in [1.807, 2.05) is 4.90 Å². The van der Waals surface area contributed by atoms with E-state index < -0.39 is 0 Å². The van der Waals surface area contributed by atoms with Crippen molar-refractivity contribution in [3.05, 3.63) is 35.5 Å². The first kappa shape index (κ1) is 11.3. The molecule has 1 aromatic heterocycles. The Hall–Kier alpha value is -1.77. The molecule has 2 heterocycles. The average molecular weight is 242 g/mol. The lowest BCUT2D eigenvalue weighted by molar-refractivity contribution is -0.129. The minimum absolute atomic E-state index is 0.175. The van der Waals surface area contributed by atoms with Crippen molar-refractivity contribution in [2.75, 3.05) is 6.54 Å². The summed E-state index contributed by atoms with van der Waals surface area (Å²) < 4.78 is 2.35. The number of amides is 1. The maximum absolute atomic E-state index is 11.5. The maximum atomic E-state index is 11.5. The van der Waals surface area contributed by atoms with Crippen LogP contribution in [-0.2, 0) is 24.3 Å². The molecule has 3 nitrogen and oxygen atoms in total. The van der Waals surface area contributed by atoms with E-state index in [1.54, 1.807) is 6.92 Å². The molecule has 94 valence electrons. The van der Waals surface area contributed by atoms with Gasteiger partial charge in [-0.1, -0.05) is 18.2 Å². The van der Waals surface area contributed by atoms with Gasteiger partial charge < -0.3 is 9.47 Å². The summed E-state index contributed by atoms with van der Waals surface area (Å²) in [6, 6.07) is 8.56. The molecule has 3 rings (SSSR count). The zero-order valence-electron chi connectivity index (χ0n) is 10.9. The van der Waals surface area contributed by atoms with Crippen molar-refractivity contribution in [2.24, 2.45) is 0 Å². The van der Waals surface area contributed by atoms with Gasteiger partial charge in [-0.3, -0.25) is 4.79 Å². The van der Waals surface area contributed by atoms with Gasteiger partial charge in [-0.05, 0) is 25.0 Å². The molecule has 0 atom stereocenters. The lowest BCUT2D eigenvalue weighted by Crippen LogP contribution is -2.34. The highest BCUT2D eigenvalue weighted by Gasteiger charge is 2.24. The third kappa shape index (κ3) is 1.54. The van der Waals surface area contributed by atoms with Crippen LogP contribution in [0.2, 0.25) is 0 Å². The minimum atomic E-state index is 0.175. The molecule has 0 aliphatic carbocycles. The molecular weight excluding hydrogens is 224 g/mol. The van der Waals surface area contributed by atoms with Crippen LogP contribution in [0.3, 0.4) is 0 Å². The number of carbonyl (C=O) groups excluding carboxylic acids is 1. The SMILES string of the molecule is CCn1c2c(c3ccccc31)CCN(C(C)=O)C2. The van der Waals surface area contributed by atoms with Gasteiger partial charge in [0.2, 0.25) is 5.91 Å². The van der Waals surface area contributed by atoms with Crippen LogP contribution < -0.4 is 0 Å². The van der Waals surface area contributed by atoms with Crippen molar-refractivity contribution >= 4 is 16.8 Å². The number of hydrogen-bond donors (Lipinski definition) is 0. The molecule has 0 radical (unpaired) electrons. The summed E-state index contributed by atoms with van der Waals surface area (Å²) in [5.41, 5.74) is 4.06. The summed E-state index contributed by atoms with van der Waals surface area (Å²) in [5, 5.41) is 1.36. The standard InChI is InChI=1S/C15H18N2O/c1-3-17-14-7-5-4-6-12(14)13-8-9-16(11(2)18)10-15(13)17/h4-7H,3,8-10H2,1-2H3. The molecule has 0 fully saturated rings. The molecule has 0 saturated heterocycles. The minimum Gasteiger partial charge on any atom is -0.343 e. The fourth-order valence-electron chi connectivity index (χ4n) is 3.02.